The van der Waals surface area contributed by atoms with E-state index in [-0.39, 0.29) is 17.3 Å². The first kappa shape index (κ1) is 17.9. The molecule has 2 saturated heterocycles. The van der Waals surface area contributed by atoms with E-state index in [1.54, 1.807) is 19.9 Å². The second-order valence-corrected chi connectivity index (χ2v) is 7.43. The van der Waals surface area contributed by atoms with Crippen molar-refractivity contribution >= 4 is 11.9 Å². The van der Waals surface area contributed by atoms with E-state index in [1.807, 2.05) is 6.92 Å². The number of ether oxygens (including phenoxy) is 3. The summed E-state index contributed by atoms with van der Waals surface area (Å²) in [5.74, 6) is -1.55. The van der Waals surface area contributed by atoms with Crippen molar-refractivity contribution in [1.29, 1.82) is 0 Å². The third kappa shape index (κ3) is 3.28. The minimum atomic E-state index is -0.672. The van der Waals surface area contributed by atoms with Crippen molar-refractivity contribution in [3.05, 3.63) is 36.0 Å². The summed E-state index contributed by atoms with van der Waals surface area (Å²) in [4.78, 5) is 24.2. The molecule has 0 aromatic rings. The molecule has 0 saturated carbocycles. The van der Waals surface area contributed by atoms with Gasteiger partial charge in [-0.25, -0.2) is 9.59 Å². The maximum Gasteiger partial charge on any atom is 0.334 e. The van der Waals surface area contributed by atoms with Crippen LogP contribution in [0, 0.1) is 5.92 Å². The summed E-state index contributed by atoms with van der Waals surface area (Å²) >= 11 is 0. The maximum absolute atomic E-state index is 12.1. The summed E-state index contributed by atoms with van der Waals surface area (Å²) in [7, 11) is 0. The van der Waals surface area contributed by atoms with Crippen molar-refractivity contribution in [2.45, 2.75) is 63.6 Å². The van der Waals surface area contributed by atoms with Crippen LogP contribution in [0.4, 0.5) is 0 Å². The van der Waals surface area contributed by atoms with Crippen LogP contribution in [0.1, 0.15) is 33.6 Å². The predicted molar refractivity (Wildman–Crippen MR) is 89.5 cm³/mol. The molecular weight excluding hydrogens is 324 g/mol. The van der Waals surface area contributed by atoms with Crippen LogP contribution in [0.2, 0.25) is 0 Å². The van der Waals surface area contributed by atoms with Gasteiger partial charge >= 0.3 is 11.9 Å². The number of epoxide rings is 1. The molecule has 25 heavy (non-hydrogen) atoms. The molecule has 0 bridgehead atoms. The summed E-state index contributed by atoms with van der Waals surface area (Å²) in [6.07, 6.45) is 0.519. The molecule has 0 spiro atoms. The van der Waals surface area contributed by atoms with Crippen LogP contribution in [0.3, 0.4) is 0 Å². The van der Waals surface area contributed by atoms with E-state index in [0.717, 1.165) is 0 Å². The van der Waals surface area contributed by atoms with Crippen molar-refractivity contribution in [3.8, 4) is 0 Å². The van der Waals surface area contributed by atoms with Crippen LogP contribution in [0.5, 0.6) is 0 Å². The first-order valence-electron chi connectivity index (χ1n) is 8.43. The molecule has 3 aliphatic rings. The largest absolute Gasteiger partial charge is 0.458 e. The number of esters is 2. The number of carbonyl (C=O) groups is 2. The van der Waals surface area contributed by atoms with Crippen LogP contribution in [0.25, 0.3) is 0 Å². The molecule has 0 aromatic heterocycles. The van der Waals surface area contributed by atoms with Crippen LogP contribution >= 0.6 is 0 Å². The van der Waals surface area contributed by atoms with Crippen LogP contribution in [-0.2, 0) is 23.8 Å². The molecule has 6 atom stereocenters. The zero-order valence-corrected chi connectivity index (χ0v) is 14.8. The summed E-state index contributed by atoms with van der Waals surface area (Å²) < 4.78 is 16.8. The van der Waals surface area contributed by atoms with E-state index >= 15 is 0 Å². The average molecular weight is 348 g/mol. The smallest absolute Gasteiger partial charge is 0.334 e. The van der Waals surface area contributed by atoms with Gasteiger partial charge in [-0.1, -0.05) is 13.2 Å². The zero-order valence-electron chi connectivity index (χ0n) is 14.8. The third-order valence-corrected chi connectivity index (χ3v) is 5.30. The molecule has 2 heterocycles. The second kappa shape index (κ2) is 6.11. The number of fused-ring (bicyclic) bond motifs is 2. The Hall–Kier alpha value is -1.92. The van der Waals surface area contributed by atoms with E-state index < -0.39 is 41.8 Å². The first-order valence-corrected chi connectivity index (χ1v) is 8.43. The summed E-state index contributed by atoms with van der Waals surface area (Å²) in [6.45, 7) is 12.7. The van der Waals surface area contributed by atoms with Crippen LogP contribution in [0.15, 0.2) is 36.0 Å². The van der Waals surface area contributed by atoms with Crippen molar-refractivity contribution in [3.63, 3.8) is 0 Å². The fourth-order valence-electron chi connectivity index (χ4n) is 3.59. The maximum atomic E-state index is 12.1. The lowest BCUT2D eigenvalue weighted by atomic mass is 9.82. The standard InChI is InChI=1S/C19H24O6/c1-9(2)17(21)24-14-8-19(5)15(25-19)7-12(20)10(3)6-13-16(14)11(4)18(22)23-13/h6,12-16,20H,1,4,7-8H2,2-3,5H3/t12-,13+,14+,15+,16-,19+/m0/s1. The topological polar surface area (TPSA) is 85.4 Å². The fourth-order valence-corrected chi connectivity index (χ4v) is 3.59. The molecule has 2 aliphatic heterocycles. The highest BCUT2D eigenvalue weighted by Crippen LogP contribution is 2.47. The van der Waals surface area contributed by atoms with Crippen LogP contribution in [-0.4, -0.2) is 47.1 Å². The van der Waals surface area contributed by atoms with Gasteiger partial charge in [-0.15, -0.1) is 0 Å². The minimum Gasteiger partial charge on any atom is -0.458 e. The Morgan fingerprint density at radius 1 is 1.48 bits per heavy atom. The molecule has 0 amide bonds. The van der Waals surface area contributed by atoms with Gasteiger partial charge in [-0.05, 0) is 32.4 Å². The molecule has 3 rings (SSSR count). The number of hydrogen-bond donors (Lipinski definition) is 1. The lowest BCUT2D eigenvalue weighted by Crippen LogP contribution is -2.37. The summed E-state index contributed by atoms with van der Waals surface area (Å²) in [5, 5.41) is 10.3. The second-order valence-electron chi connectivity index (χ2n) is 7.43. The molecule has 6 nitrogen and oxygen atoms in total. The fraction of sp³-hybridized carbons (Fsp3) is 0.579. The lowest BCUT2D eigenvalue weighted by Gasteiger charge is -2.29. The quantitative estimate of drug-likeness (QED) is 0.355. The third-order valence-electron chi connectivity index (χ3n) is 5.30. The number of aliphatic hydroxyl groups is 1. The predicted octanol–water partition coefficient (Wildman–Crippen LogP) is 1.83. The SMILES string of the molecule is C=C(C)C(=O)O[C@@H]1C[C@@]2(C)O[C@@H]2C[C@H](O)C(C)=C[C@H]2OC(=O)C(=C)[C@@H]21. The molecule has 2 fully saturated rings. The molecule has 1 N–H and O–H groups in total. The lowest BCUT2D eigenvalue weighted by molar-refractivity contribution is -0.148. The highest BCUT2D eigenvalue weighted by atomic mass is 16.6. The molecule has 0 aromatic carbocycles. The van der Waals surface area contributed by atoms with Gasteiger partial charge in [0.05, 0.1) is 23.7 Å². The van der Waals surface area contributed by atoms with E-state index in [0.29, 0.717) is 18.4 Å². The number of aliphatic hydroxyl groups excluding tert-OH is 1. The number of rotatable bonds is 2. The van der Waals surface area contributed by atoms with Gasteiger partial charge in [0.2, 0.25) is 0 Å². The Labute approximate surface area is 147 Å². The molecule has 1 aliphatic carbocycles. The molecule has 0 radical (unpaired) electrons. The number of hydrogen-bond acceptors (Lipinski definition) is 6. The molecular formula is C19H24O6. The van der Waals surface area contributed by atoms with E-state index in [1.165, 1.54) is 0 Å². The molecule has 136 valence electrons. The molecule has 6 heteroatoms. The van der Waals surface area contributed by atoms with Crippen molar-refractivity contribution in [1.82, 2.24) is 0 Å². The Balaban J connectivity index is 1.98. The van der Waals surface area contributed by atoms with Crippen molar-refractivity contribution in [2.24, 2.45) is 5.92 Å². The Kier molecular flexibility index (Phi) is 4.37. The van der Waals surface area contributed by atoms with E-state index in [4.69, 9.17) is 14.2 Å². The highest BCUT2D eigenvalue weighted by molar-refractivity contribution is 5.91. The van der Waals surface area contributed by atoms with Gasteiger partial charge in [0.25, 0.3) is 0 Å². The van der Waals surface area contributed by atoms with Gasteiger partial charge < -0.3 is 19.3 Å². The Bertz CT molecular complexity index is 677. The number of carbonyl (C=O) groups excluding carboxylic acids is 2. The highest BCUT2D eigenvalue weighted by Gasteiger charge is 2.57. The molecule has 0 unspecified atom stereocenters. The zero-order chi connectivity index (χ0) is 18.5. The van der Waals surface area contributed by atoms with Crippen molar-refractivity contribution in [2.75, 3.05) is 0 Å². The summed E-state index contributed by atoms with van der Waals surface area (Å²) in [6, 6.07) is 0. The normalized spacial score (nSPS) is 40.3. The Morgan fingerprint density at radius 2 is 2.16 bits per heavy atom. The first-order chi connectivity index (χ1) is 11.6. The van der Waals surface area contributed by atoms with E-state index in [2.05, 4.69) is 13.2 Å². The van der Waals surface area contributed by atoms with Gasteiger partial charge in [0.15, 0.2) is 0 Å². The van der Waals surface area contributed by atoms with Gasteiger partial charge in [0, 0.05) is 24.0 Å². The van der Waals surface area contributed by atoms with Crippen LogP contribution < -0.4 is 0 Å². The van der Waals surface area contributed by atoms with Gasteiger partial charge in [-0.2, -0.15) is 0 Å². The summed E-state index contributed by atoms with van der Waals surface area (Å²) in [5.41, 5.74) is 0.728. The average Bonchev–Trinajstić information content (AvgIpc) is 3.04. The minimum absolute atomic E-state index is 0.125. The van der Waals surface area contributed by atoms with Gasteiger partial charge in [0.1, 0.15) is 12.2 Å². The van der Waals surface area contributed by atoms with Gasteiger partial charge in [-0.3, -0.25) is 0 Å². The Morgan fingerprint density at radius 3 is 2.80 bits per heavy atom. The van der Waals surface area contributed by atoms with Crippen molar-refractivity contribution < 1.29 is 28.9 Å². The monoisotopic (exact) mass is 348 g/mol. The van der Waals surface area contributed by atoms with E-state index in [9.17, 15) is 14.7 Å².